The summed E-state index contributed by atoms with van der Waals surface area (Å²) in [5.41, 5.74) is -0.832. The standard InChI is InChI=1S/C19H28NO3.CH4/c1-20(2)13-12-17(14-20)23-18(21)19(22,16-10-6-7-11-16)15-8-4-3-5-9-15;/h3-5,8-9,16-17,22H,6-7,10-14H2,1-2H3;1H4/q+1;. The Labute approximate surface area is 146 Å². The molecule has 2 atom stereocenters. The molecule has 4 heteroatoms. The number of quaternary nitrogens is 1. The predicted octanol–water partition coefficient (Wildman–Crippen LogP) is 3.09. The molecule has 1 heterocycles. The zero-order valence-electron chi connectivity index (χ0n) is 14.2. The third-order valence-corrected chi connectivity index (χ3v) is 5.50. The monoisotopic (exact) mass is 334 g/mol. The number of hydrogen-bond donors (Lipinski definition) is 1. The fourth-order valence-corrected chi connectivity index (χ4v) is 4.12. The Bertz CT molecular complexity index is 551. The highest BCUT2D eigenvalue weighted by Gasteiger charge is 2.49. The summed E-state index contributed by atoms with van der Waals surface area (Å²) in [4.78, 5) is 12.9. The van der Waals surface area contributed by atoms with Crippen molar-refractivity contribution in [2.45, 2.75) is 51.2 Å². The Morgan fingerprint density at radius 3 is 2.33 bits per heavy atom. The number of likely N-dealkylation sites (N-methyl/N-ethyl adjacent to an activating group) is 1. The Balaban J connectivity index is 0.00000208. The first-order valence-electron chi connectivity index (χ1n) is 8.73. The SMILES string of the molecule is C.C[N+]1(C)CCC(OC(=O)C(O)(c2ccccc2)C2CCCC2)C1. The number of benzene rings is 1. The number of aliphatic hydroxyl groups is 1. The van der Waals surface area contributed by atoms with Crippen molar-refractivity contribution in [3.63, 3.8) is 0 Å². The van der Waals surface area contributed by atoms with Crippen LogP contribution in [0.25, 0.3) is 0 Å². The molecule has 0 spiro atoms. The fraction of sp³-hybridized carbons (Fsp3) is 0.650. The zero-order valence-corrected chi connectivity index (χ0v) is 14.2. The van der Waals surface area contributed by atoms with Crippen molar-refractivity contribution in [2.75, 3.05) is 27.2 Å². The lowest BCUT2D eigenvalue weighted by Gasteiger charge is -2.33. The van der Waals surface area contributed by atoms with Crippen molar-refractivity contribution < 1.29 is 19.1 Å². The van der Waals surface area contributed by atoms with Crippen molar-refractivity contribution >= 4 is 5.97 Å². The maximum Gasteiger partial charge on any atom is 0.343 e. The number of hydrogen-bond acceptors (Lipinski definition) is 3. The lowest BCUT2D eigenvalue weighted by atomic mass is 9.80. The van der Waals surface area contributed by atoms with Crippen LogP contribution in [0.2, 0.25) is 0 Å². The van der Waals surface area contributed by atoms with Crippen molar-refractivity contribution in [1.82, 2.24) is 0 Å². The summed E-state index contributed by atoms with van der Waals surface area (Å²) in [6.45, 7) is 1.83. The van der Waals surface area contributed by atoms with Gasteiger partial charge in [-0.15, -0.1) is 0 Å². The molecule has 2 fully saturated rings. The van der Waals surface area contributed by atoms with Gasteiger partial charge in [-0.05, 0) is 18.4 Å². The number of carbonyl (C=O) groups excluding carboxylic acids is 1. The summed E-state index contributed by atoms with van der Waals surface area (Å²) >= 11 is 0. The van der Waals surface area contributed by atoms with Crippen LogP contribution in [0.3, 0.4) is 0 Å². The van der Waals surface area contributed by atoms with E-state index in [1.165, 1.54) is 0 Å². The Hall–Kier alpha value is -1.39. The molecule has 4 nitrogen and oxygen atoms in total. The van der Waals surface area contributed by atoms with E-state index in [0.717, 1.165) is 49.7 Å². The number of likely N-dealkylation sites (tertiary alicyclic amines) is 1. The van der Waals surface area contributed by atoms with Crippen LogP contribution in [-0.2, 0) is 15.1 Å². The van der Waals surface area contributed by atoms with Gasteiger partial charge in [0.2, 0.25) is 0 Å². The van der Waals surface area contributed by atoms with E-state index in [0.29, 0.717) is 5.56 Å². The third-order valence-electron chi connectivity index (χ3n) is 5.50. The van der Waals surface area contributed by atoms with Gasteiger partial charge in [0.1, 0.15) is 6.54 Å². The molecule has 1 aromatic rings. The van der Waals surface area contributed by atoms with Crippen LogP contribution in [0.5, 0.6) is 0 Å². The minimum atomic E-state index is -1.50. The van der Waals surface area contributed by atoms with Gasteiger partial charge in [-0.1, -0.05) is 50.6 Å². The molecule has 134 valence electrons. The van der Waals surface area contributed by atoms with Gasteiger partial charge in [0.25, 0.3) is 0 Å². The van der Waals surface area contributed by atoms with Gasteiger partial charge in [-0.2, -0.15) is 0 Å². The lowest BCUT2D eigenvalue weighted by molar-refractivity contribution is -0.879. The van der Waals surface area contributed by atoms with Crippen LogP contribution in [-0.4, -0.2) is 48.8 Å². The lowest BCUT2D eigenvalue weighted by Crippen LogP contribution is -2.46. The molecule has 1 aromatic carbocycles. The van der Waals surface area contributed by atoms with Crippen LogP contribution in [0.1, 0.15) is 45.1 Å². The van der Waals surface area contributed by atoms with E-state index in [1.54, 1.807) is 0 Å². The molecule has 0 radical (unpaired) electrons. The van der Waals surface area contributed by atoms with Crippen molar-refractivity contribution in [3.05, 3.63) is 35.9 Å². The molecule has 2 unspecified atom stereocenters. The van der Waals surface area contributed by atoms with E-state index in [9.17, 15) is 9.90 Å². The summed E-state index contributed by atoms with van der Waals surface area (Å²) in [6.07, 6.45) is 4.68. The first kappa shape index (κ1) is 18.9. The van der Waals surface area contributed by atoms with Crippen molar-refractivity contribution in [1.29, 1.82) is 0 Å². The second-order valence-electron chi connectivity index (χ2n) is 7.77. The first-order chi connectivity index (χ1) is 10.9. The van der Waals surface area contributed by atoms with Gasteiger partial charge < -0.3 is 14.3 Å². The molecule has 0 amide bonds. The average molecular weight is 334 g/mol. The Morgan fingerprint density at radius 1 is 1.17 bits per heavy atom. The number of nitrogens with zero attached hydrogens (tertiary/aromatic N) is 1. The van der Waals surface area contributed by atoms with Crippen molar-refractivity contribution in [2.24, 2.45) is 5.92 Å². The van der Waals surface area contributed by atoms with Gasteiger partial charge >= 0.3 is 5.97 Å². The number of esters is 1. The first-order valence-corrected chi connectivity index (χ1v) is 8.73. The van der Waals surface area contributed by atoms with E-state index in [-0.39, 0.29) is 19.4 Å². The summed E-state index contributed by atoms with van der Waals surface area (Å²) in [5.74, 6) is -0.496. The van der Waals surface area contributed by atoms with E-state index in [4.69, 9.17) is 4.74 Å². The summed E-state index contributed by atoms with van der Waals surface area (Å²) in [5, 5.41) is 11.4. The normalized spacial score (nSPS) is 25.7. The molecule has 1 N–H and O–H groups in total. The second-order valence-corrected chi connectivity index (χ2v) is 7.77. The molecular formula is C20H32NO3+. The number of ether oxygens (including phenoxy) is 1. The van der Waals surface area contributed by atoms with Crippen LogP contribution in [0.4, 0.5) is 0 Å². The molecular weight excluding hydrogens is 302 g/mol. The zero-order chi connectivity index (χ0) is 16.5. The smallest absolute Gasteiger partial charge is 0.343 e. The van der Waals surface area contributed by atoms with E-state index in [2.05, 4.69) is 14.1 Å². The molecule has 3 rings (SSSR count). The molecule has 2 aliphatic rings. The summed E-state index contributed by atoms with van der Waals surface area (Å²) in [7, 11) is 4.29. The average Bonchev–Trinajstić information content (AvgIpc) is 3.17. The van der Waals surface area contributed by atoms with Gasteiger partial charge in [0.05, 0.1) is 20.6 Å². The molecule has 1 saturated heterocycles. The Kier molecular flexibility index (Phi) is 5.71. The second kappa shape index (κ2) is 7.24. The number of carbonyl (C=O) groups is 1. The van der Waals surface area contributed by atoms with Gasteiger partial charge in [-0.25, -0.2) is 4.79 Å². The van der Waals surface area contributed by atoms with Crippen LogP contribution in [0.15, 0.2) is 30.3 Å². The van der Waals surface area contributed by atoms with E-state index in [1.807, 2.05) is 30.3 Å². The molecule has 1 aliphatic carbocycles. The molecule has 0 aromatic heterocycles. The quantitative estimate of drug-likeness (QED) is 0.680. The Morgan fingerprint density at radius 2 is 1.79 bits per heavy atom. The van der Waals surface area contributed by atoms with Crippen LogP contribution >= 0.6 is 0 Å². The maximum atomic E-state index is 12.9. The molecule has 1 saturated carbocycles. The largest absolute Gasteiger partial charge is 0.454 e. The van der Waals surface area contributed by atoms with Gasteiger partial charge in [0, 0.05) is 12.3 Å². The summed E-state index contributed by atoms with van der Waals surface area (Å²) < 4.78 is 6.64. The fourth-order valence-electron chi connectivity index (χ4n) is 4.12. The van der Waals surface area contributed by atoms with Crippen LogP contribution in [0, 0.1) is 5.92 Å². The minimum absolute atomic E-state index is 0. The topological polar surface area (TPSA) is 46.5 Å². The van der Waals surface area contributed by atoms with Gasteiger partial charge in [0.15, 0.2) is 11.7 Å². The third kappa shape index (κ3) is 3.65. The predicted molar refractivity (Wildman–Crippen MR) is 95.4 cm³/mol. The van der Waals surface area contributed by atoms with Gasteiger partial charge in [-0.3, -0.25) is 0 Å². The minimum Gasteiger partial charge on any atom is -0.454 e. The van der Waals surface area contributed by atoms with Crippen LogP contribution < -0.4 is 0 Å². The highest BCUT2D eigenvalue weighted by Crippen LogP contribution is 2.42. The maximum absolute atomic E-state index is 12.9. The highest BCUT2D eigenvalue weighted by atomic mass is 16.6. The van der Waals surface area contributed by atoms with E-state index >= 15 is 0 Å². The molecule has 0 bridgehead atoms. The molecule has 24 heavy (non-hydrogen) atoms. The summed E-state index contributed by atoms with van der Waals surface area (Å²) in [6, 6.07) is 9.33. The van der Waals surface area contributed by atoms with E-state index < -0.39 is 11.6 Å². The number of rotatable bonds is 4. The highest BCUT2D eigenvalue weighted by molar-refractivity contribution is 5.81. The van der Waals surface area contributed by atoms with Crippen molar-refractivity contribution in [3.8, 4) is 0 Å². The molecule has 1 aliphatic heterocycles.